The number of hydrogen-bond donors (Lipinski definition) is 1. The van der Waals surface area contributed by atoms with Crippen LogP contribution in [0, 0.1) is 0 Å². The molecule has 1 atom stereocenters. The van der Waals surface area contributed by atoms with E-state index in [1.165, 1.54) is 38.6 Å². The maximum absolute atomic E-state index is 13.0. The van der Waals surface area contributed by atoms with E-state index < -0.39 is 0 Å². The predicted octanol–water partition coefficient (Wildman–Crippen LogP) is 7.83. The molecule has 2 N–H and O–H groups in total. The molecule has 0 fully saturated rings. The van der Waals surface area contributed by atoms with E-state index in [0.717, 1.165) is 34.2 Å². The monoisotopic (exact) mass is 491 g/mol. The molecule has 0 spiro atoms. The number of ether oxygens (including phenoxy) is 1. The van der Waals surface area contributed by atoms with Crippen LogP contribution in [0.5, 0.6) is 0 Å². The zero-order valence-corrected chi connectivity index (χ0v) is 21.2. The minimum absolute atomic E-state index is 0.268. The van der Waals surface area contributed by atoms with Gasteiger partial charge in [-0.05, 0) is 76.9 Å². The van der Waals surface area contributed by atoms with E-state index in [0.29, 0.717) is 18.7 Å². The van der Waals surface area contributed by atoms with Gasteiger partial charge in [-0.25, -0.2) is 4.79 Å². The molecular weight excluding hydrogens is 462 g/mol. The van der Waals surface area contributed by atoms with Crippen LogP contribution in [0.3, 0.4) is 0 Å². The molecule has 1 aliphatic rings. The second kappa shape index (κ2) is 9.53. The van der Waals surface area contributed by atoms with Gasteiger partial charge in [0.25, 0.3) is 0 Å². The third-order valence-electron chi connectivity index (χ3n) is 7.42. The molecule has 5 aromatic rings. The average molecular weight is 492 g/mol. The molecule has 0 bridgehead atoms. The summed E-state index contributed by atoms with van der Waals surface area (Å²) in [5, 5.41) is 3.43. The Morgan fingerprint density at radius 2 is 1.75 bits per heavy atom. The van der Waals surface area contributed by atoms with E-state index in [1.807, 2.05) is 6.92 Å². The molecule has 1 heterocycles. The van der Waals surface area contributed by atoms with Gasteiger partial charge in [-0.3, -0.25) is 0 Å². The van der Waals surface area contributed by atoms with Gasteiger partial charge in [-0.2, -0.15) is 0 Å². The summed E-state index contributed by atoms with van der Waals surface area (Å²) in [6.07, 6.45) is 3.35. The molecule has 3 nitrogen and oxygen atoms in total. The molecule has 36 heavy (non-hydrogen) atoms. The molecule has 0 saturated carbocycles. The van der Waals surface area contributed by atoms with E-state index in [4.69, 9.17) is 10.5 Å². The fourth-order valence-electron chi connectivity index (χ4n) is 5.84. The Labute approximate surface area is 215 Å². The van der Waals surface area contributed by atoms with Gasteiger partial charge in [0.15, 0.2) is 0 Å². The van der Waals surface area contributed by atoms with Crippen LogP contribution in [-0.4, -0.2) is 12.6 Å². The molecule has 180 valence electrons. The van der Waals surface area contributed by atoms with E-state index >= 15 is 0 Å². The van der Waals surface area contributed by atoms with Crippen LogP contribution in [0.2, 0.25) is 0 Å². The van der Waals surface area contributed by atoms with E-state index in [2.05, 4.69) is 78.9 Å². The molecule has 0 radical (unpaired) electrons. The molecule has 0 aliphatic heterocycles. The van der Waals surface area contributed by atoms with E-state index in [-0.39, 0.29) is 11.9 Å². The molecule has 6 rings (SSSR count). The number of benzene rings is 4. The largest absolute Gasteiger partial charge is 0.462 e. The van der Waals surface area contributed by atoms with Crippen LogP contribution in [0.4, 0.5) is 0 Å². The van der Waals surface area contributed by atoms with Crippen molar-refractivity contribution >= 4 is 38.2 Å². The number of hydrogen-bond acceptors (Lipinski definition) is 4. The van der Waals surface area contributed by atoms with Crippen molar-refractivity contribution in [2.24, 2.45) is 5.73 Å². The fourth-order valence-corrected chi connectivity index (χ4v) is 6.93. The van der Waals surface area contributed by atoms with Gasteiger partial charge >= 0.3 is 5.97 Å². The number of fused-ring (bicyclic) bond motifs is 3. The molecule has 0 amide bonds. The van der Waals surface area contributed by atoms with Crippen molar-refractivity contribution in [3.8, 4) is 11.1 Å². The number of rotatable bonds is 5. The average Bonchev–Trinajstić information content (AvgIpc) is 3.29. The normalized spacial score (nSPS) is 15.2. The summed E-state index contributed by atoms with van der Waals surface area (Å²) in [6.45, 7) is 2.51. The van der Waals surface area contributed by atoms with Crippen LogP contribution in [0.1, 0.15) is 57.6 Å². The van der Waals surface area contributed by atoms with Crippen LogP contribution in [0.15, 0.2) is 78.9 Å². The number of carbonyl (C=O) groups is 1. The summed E-state index contributed by atoms with van der Waals surface area (Å²) in [5.41, 5.74) is 13.3. The zero-order chi connectivity index (χ0) is 24.6. The summed E-state index contributed by atoms with van der Waals surface area (Å²) < 4.78 is 6.54. The van der Waals surface area contributed by atoms with Gasteiger partial charge in [0.1, 0.15) is 0 Å². The predicted molar refractivity (Wildman–Crippen MR) is 150 cm³/mol. The molecular formula is C32H29NO2S. The van der Waals surface area contributed by atoms with Gasteiger partial charge in [0.05, 0.1) is 12.2 Å². The van der Waals surface area contributed by atoms with Gasteiger partial charge in [-0.1, -0.05) is 66.7 Å². The molecule has 4 heteroatoms. The minimum atomic E-state index is -0.280. The number of esters is 1. The SMILES string of the molecule is CCOC(=O)c1c(CN)sc2cc(-c3cccc4ccccc34)c(C3CCCc4ccccc43)cc12. The second-order valence-electron chi connectivity index (χ2n) is 9.43. The fraction of sp³-hybridized carbons (Fsp3) is 0.219. The summed E-state index contributed by atoms with van der Waals surface area (Å²) in [6, 6.07) is 28.5. The van der Waals surface area contributed by atoms with Crippen molar-refractivity contribution in [3.05, 3.63) is 106 Å². The molecule has 0 saturated heterocycles. The van der Waals surface area contributed by atoms with Crippen molar-refractivity contribution in [2.45, 2.75) is 38.6 Å². The third kappa shape index (κ3) is 3.82. The first kappa shape index (κ1) is 23.0. The van der Waals surface area contributed by atoms with Crippen molar-refractivity contribution in [1.29, 1.82) is 0 Å². The smallest absolute Gasteiger partial charge is 0.339 e. The molecule has 1 aliphatic carbocycles. The molecule has 4 aromatic carbocycles. The zero-order valence-electron chi connectivity index (χ0n) is 20.4. The lowest BCUT2D eigenvalue weighted by atomic mass is 9.76. The first-order chi connectivity index (χ1) is 17.7. The van der Waals surface area contributed by atoms with E-state index in [1.54, 1.807) is 11.3 Å². The highest BCUT2D eigenvalue weighted by atomic mass is 32.1. The summed E-state index contributed by atoms with van der Waals surface area (Å²) in [5.74, 6) is -0.0123. The van der Waals surface area contributed by atoms with Gasteiger partial charge in [0, 0.05) is 27.4 Å². The molecule has 1 unspecified atom stereocenters. The standard InChI is InChI=1S/C32H29NO2S/c1-2-35-32(34)31-28-17-26(24-15-7-11-20-9-3-5-13-22(20)24)27(18-29(28)36-30(31)19-33)25-16-8-12-21-10-4-6-14-23(21)25/h3-6,8-10,12-14,16-18,24H,2,7,11,15,19,33H2,1H3. The number of nitrogens with two attached hydrogens (primary N) is 1. The van der Waals surface area contributed by atoms with Crippen LogP contribution in [-0.2, 0) is 17.7 Å². The topological polar surface area (TPSA) is 52.3 Å². The van der Waals surface area contributed by atoms with Crippen LogP contribution < -0.4 is 5.73 Å². The van der Waals surface area contributed by atoms with Crippen LogP contribution in [0.25, 0.3) is 32.0 Å². The Bertz CT molecular complexity index is 1590. The van der Waals surface area contributed by atoms with Crippen molar-refractivity contribution < 1.29 is 9.53 Å². The van der Waals surface area contributed by atoms with Gasteiger partial charge in [0.2, 0.25) is 0 Å². The highest BCUT2D eigenvalue weighted by Gasteiger charge is 2.27. The minimum Gasteiger partial charge on any atom is -0.462 e. The van der Waals surface area contributed by atoms with E-state index in [9.17, 15) is 4.79 Å². The number of carbonyl (C=O) groups excluding carboxylic acids is 1. The lowest BCUT2D eigenvalue weighted by Crippen LogP contribution is -2.12. The van der Waals surface area contributed by atoms with Crippen molar-refractivity contribution in [1.82, 2.24) is 0 Å². The molecule has 1 aromatic heterocycles. The van der Waals surface area contributed by atoms with Crippen LogP contribution >= 0.6 is 11.3 Å². The Kier molecular flexibility index (Phi) is 6.08. The first-order valence-electron chi connectivity index (χ1n) is 12.7. The quantitative estimate of drug-likeness (QED) is 0.255. The Balaban J connectivity index is 1.67. The van der Waals surface area contributed by atoms with Crippen molar-refractivity contribution in [3.63, 3.8) is 0 Å². The number of thiophene rings is 1. The maximum atomic E-state index is 13.0. The Morgan fingerprint density at radius 3 is 2.61 bits per heavy atom. The third-order valence-corrected chi connectivity index (χ3v) is 8.60. The Hall–Kier alpha value is -3.47. The lowest BCUT2D eigenvalue weighted by molar-refractivity contribution is 0.0528. The summed E-state index contributed by atoms with van der Waals surface area (Å²) >= 11 is 1.61. The van der Waals surface area contributed by atoms with Crippen molar-refractivity contribution in [2.75, 3.05) is 6.61 Å². The van der Waals surface area contributed by atoms with Gasteiger partial charge in [-0.15, -0.1) is 11.3 Å². The second-order valence-corrected chi connectivity index (χ2v) is 10.6. The number of aryl methyl sites for hydroxylation is 1. The summed E-state index contributed by atoms with van der Waals surface area (Å²) in [4.78, 5) is 13.9. The maximum Gasteiger partial charge on any atom is 0.339 e. The van der Waals surface area contributed by atoms with Gasteiger partial charge < -0.3 is 10.5 Å². The Morgan fingerprint density at radius 1 is 0.944 bits per heavy atom. The highest BCUT2D eigenvalue weighted by molar-refractivity contribution is 7.19. The highest BCUT2D eigenvalue weighted by Crippen LogP contribution is 2.46. The first-order valence-corrected chi connectivity index (χ1v) is 13.5. The summed E-state index contributed by atoms with van der Waals surface area (Å²) in [7, 11) is 0. The lowest BCUT2D eigenvalue weighted by Gasteiger charge is -2.28.